The van der Waals surface area contributed by atoms with Crippen LogP contribution in [0.5, 0.6) is 0 Å². The third-order valence-electron chi connectivity index (χ3n) is 2.78. The highest BCUT2D eigenvalue weighted by molar-refractivity contribution is 5.95. The monoisotopic (exact) mass is 286 g/mol. The van der Waals surface area contributed by atoms with E-state index in [1.165, 1.54) is 7.11 Å². The SMILES string of the molecule is COC(CN)C(=O)Nc1ccccc1C(C)(C)C.Cl. The first kappa shape index (κ1) is 17.9. The number of anilines is 1. The van der Waals surface area contributed by atoms with Crippen LogP contribution in [0.2, 0.25) is 0 Å². The zero-order valence-corrected chi connectivity index (χ0v) is 12.7. The molecule has 0 saturated carbocycles. The fourth-order valence-corrected chi connectivity index (χ4v) is 1.77. The summed E-state index contributed by atoms with van der Waals surface area (Å²) in [6.07, 6.45) is -0.613. The molecule has 1 rings (SSSR count). The Balaban J connectivity index is 0.00000324. The van der Waals surface area contributed by atoms with E-state index in [1.807, 2.05) is 24.3 Å². The molecule has 0 aliphatic carbocycles. The predicted molar refractivity (Wildman–Crippen MR) is 80.9 cm³/mol. The fraction of sp³-hybridized carbons (Fsp3) is 0.500. The average Bonchev–Trinajstić information content (AvgIpc) is 2.30. The summed E-state index contributed by atoms with van der Waals surface area (Å²) in [4.78, 5) is 11.9. The Morgan fingerprint density at radius 1 is 1.37 bits per heavy atom. The summed E-state index contributed by atoms with van der Waals surface area (Å²) in [6, 6.07) is 7.77. The van der Waals surface area contributed by atoms with Crippen LogP contribution in [0.1, 0.15) is 26.3 Å². The molecule has 0 radical (unpaired) electrons. The van der Waals surface area contributed by atoms with Crippen LogP contribution in [0.4, 0.5) is 5.69 Å². The Hall–Kier alpha value is -1.10. The highest BCUT2D eigenvalue weighted by Gasteiger charge is 2.21. The van der Waals surface area contributed by atoms with Crippen molar-refractivity contribution in [1.82, 2.24) is 0 Å². The maximum absolute atomic E-state index is 11.9. The fourth-order valence-electron chi connectivity index (χ4n) is 1.77. The Morgan fingerprint density at radius 2 is 1.95 bits per heavy atom. The number of carbonyl (C=O) groups excluding carboxylic acids is 1. The van der Waals surface area contributed by atoms with Crippen molar-refractivity contribution >= 4 is 24.0 Å². The van der Waals surface area contributed by atoms with Gasteiger partial charge in [0.15, 0.2) is 0 Å². The minimum absolute atomic E-state index is 0. The first-order chi connectivity index (χ1) is 8.40. The van der Waals surface area contributed by atoms with Crippen molar-refractivity contribution in [2.75, 3.05) is 19.0 Å². The van der Waals surface area contributed by atoms with Crippen molar-refractivity contribution in [3.05, 3.63) is 29.8 Å². The summed E-state index contributed by atoms with van der Waals surface area (Å²) in [6.45, 7) is 6.48. The number of hydrogen-bond donors (Lipinski definition) is 2. The molecule has 0 bridgehead atoms. The smallest absolute Gasteiger partial charge is 0.254 e. The van der Waals surface area contributed by atoms with Crippen LogP contribution in [0, 0.1) is 0 Å². The minimum Gasteiger partial charge on any atom is -0.370 e. The lowest BCUT2D eigenvalue weighted by molar-refractivity contribution is -0.125. The van der Waals surface area contributed by atoms with Gasteiger partial charge in [-0.15, -0.1) is 12.4 Å². The maximum Gasteiger partial charge on any atom is 0.254 e. The van der Waals surface area contributed by atoms with Crippen LogP contribution >= 0.6 is 12.4 Å². The minimum atomic E-state index is -0.613. The second-order valence-corrected chi connectivity index (χ2v) is 5.24. The van der Waals surface area contributed by atoms with Crippen molar-refractivity contribution < 1.29 is 9.53 Å². The summed E-state index contributed by atoms with van der Waals surface area (Å²) >= 11 is 0. The zero-order valence-electron chi connectivity index (χ0n) is 11.9. The largest absolute Gasteiger partial charge is 0.370 e. The van der Waals surface area contributed by atoms with Crippen molar-refractivity contribution in [2.24, 2.45) is 5.73 Å². The molecule has 19 heavy (non-hydrogen) atoms. The summed E-state index contributed by atoms with van der Waals surface area (Å²) in [7, 11) is 1.48. The van der Waals surface area contributed by atoms with E-state index in [0.29, 0.717) is 0 Å². The first-order valence-corrected chi connectivity index (χ1v) is 6.03. The Morgan fingerprint density at radius 3 is 2.42 bits per heavy atom. The van der Waals surface area contributed by atoms with Gasteiger partial charge in [0.2, 0.25) is 0 Å². The maximum atomic E-state index is 11.9. The molecule has 0 spiro atoms. The van der Waals surface area contributed by atoms with E-state index in [-0.39, 0.29) is 30.3 Å². The molecular weight excluding hydrogens is 264 g/mol. The van der Waals surface area contributed by atoms with Gasteiger partial charge in [0, 0.05) is 19.3 Å². The highest BCUT2D eigenvalue weighted by atomic mass is 35.5. The zero-order chi connectivity index (χ0) is 13.8. The standard InChI is InChI=1S/C14H22N2O2.ClH/c1-14(2,3)10-7-5-6-8-11(10)16-13(17)12(9-15)18-4;/h5-8,12H,9,15H2,1-4H3,(H,16,17);1H. The number of methoxy groups -OCH3 is 1. The van der Waals surface area contributed by atoms with E-state index in [4.69, 9.17) is 10.5 Å². The number of carbonyl (C=O) groups is 1. The molecule has 0 fully saturated rings. The number of halogens is 1. The Bertz CT molecular complexity index is 412. The van der Waals surface area contributed by atoms with Gasteiger partial charge >= 0.3 is 0 Å². The average molecular weight is 287 g/mol. The van der Waals surface area contributed by atoms with Crippen LogP contribution in [0.15, 0.2) is 24.3 Å². The molecule has 0 heterocycles. The first-order valence-electron chi connectivity index (χ1n) is 6.03. The quantitative estimate of drug-likeness (QED) is 0.893. The van der Waals surface area contributed by atoms with Gasteiger partial charge in [-0.25, -0.2) is 0 Å². The summed E-state index contributed by atoms with van der Waals surface area (Å²) in [5.41, 5.74) is 7.34. The number of nitrogens with two attached hydrogens (primary N) is 1. The molecule has 1 atom stereocenters. The molecule has 0 aliphatic heterocycles. The Labute approximate surface area is 121 Å². The summed E-state index contributed by atoms with van der Waals surface area (Å²) in [5.74, 6) is -0.211. The van der Waals surface area contributed by atoms with E-state index in [1.54, 1.807) is 0 Å². The summed E-state index contributed by atoms with van der Waals surface area (Å²) < 4.78 is 5.02. The Kier molecular flexibility index (Phi) is 7.05. The van der Waals surface area contributed by atoms with E-state index < -0.39 is 6.10 Å². The van der Waals surface area contributed by atoms with Crippen molar-refractivity contribution in [2.45, 2.75) is 32.3 Å². The molecule has 108 valence electrons. The number of nitrogens with one attached hydrogen (secondary N) is 1. The molecule has 0 aromatic heterocycles. The molecule has 0 aliphatic rings. The van der Waals surface area contributed by atoms with Gasteiger partial charge in [0.05, 0.1) is 0 Å². The van der Waals surface area contributed by atoms with Gasteiger partial charge in [-0.3, -0.25) is 4.79 Å². The van der Waals surface area contributed by atoms with E-state index in [0.717, 1.165) is 11.3 Å². The number of amides is 1. The molecule has 1 amide bonds. The van der Waals surface area contributed by atoms with Gasteiger partial charge in [-0.2, -0.15) is 0 Å². The van der Waals surface area contributed by atoms with Gasteiger partial charge in [0.25, 0.3) is 5.91 Å². The lowest BCUT2D eigenvalue weighted by Gasteiger charge is -2.23. The van der Waals surface area contributed by atoms with E-state index in [2.05, 4.69) is 26.1 Å². The van der Waals surface area contributed by atoms with Gasteiger partial charge in [0.1, 0.15) is 6.10 Å². The molecular formula is C14H23ClN2O2. The van der Waals surface area contributed by atoms with Crippen LogP contribution in [0.3, 0.4) is 0 Å². The van der Waals surface area contributed by atoms with Crippen LogP contribution < -0.4 is 11.1 Å². The molecule has 4 nitrogen and oxygen atoms in total. The molecule has 1 aromatic rings. The molecule has 3 N–H and O–H groups in total. The lowest BCUT2D eigenvalue weighted by atomic mass is 9.86. The van der Waals surface area contributed by atoms with Gasteiger partial charge in [-0.1, -0.05) is 39.0 Å². The van der Waals surface area contributed by atoms with Crippen LogP contribution in [-0.2, 0) is 14.9 Å². The van der Waals surface area contributed by atoms with Gasteiger partial charge in [-0.05, 0) is 17.0 Å². The molecule has 1 unspecified atom stereocenters. The highest BCUT2D eigenvalue weighted by Crippen LogP contribution is 2.29. The van der Waals surface area contributed by atoms with Crippen LogP contribution in [0.25, 0.3) is 0 Å². The van der Waals surface area contributed by atoms with E-state index >= 15 is 0 Å². The number of benzene rings is 1. The third kappa shape index (κ3) is 4.82. The lowest BCUT2D eigenvalue weighted by Crippen LogP contribution is -2.36. The molecule has 0 saturated heterocycles. The topological polar surface area (TPSA) is 64.3 Å². The molecule has 1 aromatic carbocycles. The van der Waals surface area contributed by atoms with E-state index in [9.17, 15) is 4.79 Å². The number of para-hydroxylation sites is 1. The van der Waals surface area contributed by atoms with Crippen molar-refractivity contribution in [3.8, 4) is 0 Å². The number of ether oxygens (including phenoxy) is 1. The van der Waals surface area contributed by atoms with Gasteiger partial charge < -0.3 is 15.8 Å². The van der Waals surface area contributed by atoms with Crippen molar-refractivity contribution in [1.29, 1.82) is 0 Å². The normalized spacial score (nSPS) is 12.5. The third-order valence-corrected chi connectivity index (χ3v) is 2.78. The number of rotatable bonds is 4. The second kappa shape index (κ2) is 7.48. The summed E-state index contributed by atoms with van der Waals surface area (Å²) in [5, 5.41) is 2.88. The predicted octanol–water partition coefficient (Wildman–Crippen LogP) is 2.32. The van der Waals surface area contributed by atoms with Crippen molar-refractivity contribution in [3.63, 3.8) is 0 Å². The molecule has 5 heteroatoms. The van der Waals surface area contributed by atoms with Crippen LogP contribution in [-0.4, -0.2) is 25.7 Å². The second-order valence-electron chi connectivity index (χ2n) is 5.24. The number of hydrogen-bond acceptors (Lipinski definition) is 3.